The van der Waals surface area contributed by atoms with Gasteiger partial charge in [-0.2, -0.15) is 0 Å². The van der Waals surface area contributed by atoms with Crippen molar-refractivity contribution in [2.75, 3.05) is 7.11 Å². The molecule has 0 bridgehead atoms. The summed E-state index contributed by atoms with van der Waals surface area (Å²) >= 11 is 0. The quantitative estimate of drug-likeness (QED) is 0.439. The Morgan fingerprint density at radius 3 is 2.34 bits per heavy atom. The van der Waals surface area contributed by atoms with Gasteiger partial charge in [0.05, 0.1) is 7.11 Å². The first kappa shape index (κ1) is 20.1. The van der Waals surface area contributed by atoms with E-state index >= 15 is 0 Å². The maximum atomic E-state index is 13.0. The molecule has 2 aromatic carbocycles. The summed E-state index contributed by atoms with van der Waals surface area (Å²) in [5, 5.41) is 0. The number of cyclic esters (lactones) is 1. The second-order valence-electron chi connectivity index (χ2n) is 6.58. The molecule has 0 saturated carbocycles. The SMILES string of the molecule is COC(=O)/C=C/[C@@]1(C)C(=O)O[C@H](c2ccccc2)N1C(=O)OCc1ccccc1. The number of benzene rings is 2. The molecule has 0 aliphatic carbocycles. The highest BCUT2D eigenvalue weighted by Crippen LogP contribution is 2.39. The predicted molar refractivity (Wildman–Crippen MR) is 103 cm³/mol. The van der Waals surface area contributed by atoms with Gasteiger partial charge in [0, 0.05) is 11.6 Å². The van der Waals surface area contributed by atoms with Crippen molar-refractivity contribution in [1.82, 2.24) is 4.90 Å². The molecular weight excluding hydrogens is 374 g/mol. The lowest BCUT2D eigenvalue weighted by atomic mass is 10.00. The topological polar surface area (TPSA) is 82.1 Å². The highest BCUT2D eigenvalue weighted by atomic mass is 16.6. The summed E-state index contributed by atoms with van der Waals surface area (Å²) in [6, 6.07) is 18.0. The van der Waals surface area contributed by atoms with E-state index in [0.717, 1.165) is 11.6 Å². The average Bonchev–Trinajstić information content (AvgIpc) is 3.02. The fourth-order valence-corrected chi connectivity index (χ4v) is 2.97. The standard InChI is InChI=1S/C22H21NO6/c1-22(14-13-18(24)27-2)20(25)29-19(17-11-7-4-8-12-17)23(22)21(26)28-15-16-9-5-3-6-10-16/h3-14,19H,15H2,1-2H3/b14-13+/t19-,22+/m1/s1. The van der Waals surface area contributed by atoms with E-state index in [1.165, 1.54) is 25.0 Å². The van der Waals surface area contributed by atoms with Gasteiger partial charge in [0.25, 0.3) is 0 Å². The zero-order valence-electron chi connectivity index (χ0n) is 16.1. The van der Waals surface area contributed by atoms with Crippen LogP contribution < -0.4 is 0 Å². The van der Waals surface area contributed by atoms with Crippen molar-refractivity contribution in [1.29, 1.82) is 0 Å². The third-order valence-corrected chi connectivity index (χ3v) is 4.60. The smallest absolute Gasteiger partial charge is 0.414 e. The van der Waals surface area contributed by atoms with Crippen LogP contribution >= 0.6 is 0 Å². The molecule has 2 atom stereocenters. The maximum absolute atomic E-state index is 13.0. The average molecular weight is 395 g/mol. The highest BCUT2D eigenvalue weighted by molar-refractivity contribution is 5.92. The molecule has 7 heteroatoms. The van der Waals surface area contributed by atoms with Crippen LogP contribution in [0, 0.1) is 0 Å². The van der Waals surface area contributed by atoms with Gasteiger partial charge in [-0.25, -0.2) is 19.3 Å². The molecule has 1 amide bonds. The molecule has 3 rings (SSSR count). The minimum absolute atomic E-state index is 0.0304. The molecule has 0 radical (unpaired) electrons. The van der Waals surface area contributed by atoms with Gasteiger partial charge in [0.1, 0.15) is 6.61 Å². The third-order valence-electron chi connectivity index (χ3n) is 4.60. The lowest BCUT2D eigenvalue weighted by Crippen LogP contribution is -2.48. The largest absolute Gasteiger partial charge is 0.466 e. The van der Waals surface area contributed by atoms with E-state index < -0.39 is 29.8 Å². The molecule has 1 heterocycles. The Balaban J connectivity index is 1.92. The van der Waals surface area contributed by atoms with E-state index in [9.17, 15) is 14.4 Å². The normalized spacial score (nSPS) is 21.1. The minimum Gasteiger partial charge on any atom is -0.466 e. The first-order chi connectivity index (χ1) is 14.0. The number of ether oxygens (including phenoxy) is 3. The van der Waals surface area contributed by atoms with Gasteiger partial charge in [-0.3, -0.25) is 0 Å². The van der Waals surface area contributed by atoms with Crippen LogP contribution in [0.15, 0.2) is 72.8 Å². The number of amides is 1. The molecule has 2 aromatic rings. The van der Waals surface area contributed by atoms with Crippen LogP contribution in [0.3, 0.4) is 0 Å². The van der Waals surface area contributed by atoms with Gasteiger partial charge in [-0.1, -0.05) is 60.7 Å². The summed E-state index contributed by atoms with van der Waals surface area (Å²) in [6.45, 7) is 1.52. The summed E-state index contributed by atoms with van der Waals surface area (Å²) in [5.41, 5.74) is -0.134. The number of nitrogens with zero attached hydrogens (tertiary/aromatic N) is 1. The van der Waals surface area contributed by atoms with E-state index in [0.29, 0.717) is 5.56 Å². The van der Waals surface area contributed by atoms with Crippen molar-refractivity contribution >= 4 is 18.0 Å². The lowest BCUT2D eigenvalue weighted by Gasteiger charge is -2.30. The summed E-state index contributed by atoms with van der Waals surface area (Å²) in [7, 11) is 1.22. The molecule has 1 aliphatic rings. The van der Waals surface area contributed by atoms with Crippen molar-refractivity contribution in [3.8, 4) is 0 Å². The summed E-state index contributed by atoms with van der Waals surface area (Å²) in [5.74, 6) is -1.33. The zero-order chi connectivity index (χ0) is 20.9. The Kier molecular flexibility index (Phi) is 5.97. The molecule has 1 aliphatic heterocycles. The number of hydrogen-bond donors (Lipinski definition) is 0. The van der Waals surface area contributed by atoms with Crippen molar-refractivity contribution in [3.63, 3.8) is 0 Å². The molecule has 0 spiro atoms. The van der Waals surface area contributed by atoms with Crippen molar-refractivity contribution in [2.45, 2.75) is 25.3 Å². The van der Waals surface area contributed by atoms with E-state index in [1.807, 2.05) is 36.4 Å². The molecule has 150 valence electrons. The van der Waals surface area contributed by atoms with Gasteiger partial charge < -0.3 is 14.2 Å². The molecule has 7 nitrogen and oxygen atoms in total. The molecule has 29 heavy (non-hydrogen) atoms. The number of hydrogen-bond acceptors (Lipinski definition) is 6. The second kappa shape index (κ2) is 8.60. The molecule has 1 fully saturated rings. The summed E-state index contributed by atoms with van der Waals surface area (Å²) in [6.07, 6.45) is 0.643. The van der Waals surface area contributed by atoms with E-state index in [4.69, 9.17) is 9.47 Å². The molecule has 0 aromatic heterocycles. The Labute approximate surface area is 168 Å². The van der Waals surface area contributed by atoms with E-state index in [-0.39, 0.29) is 6.61 Å². The van der Waals surface area contributed by atoms with E-state index in [1.54, 1.807) is 24.3 Å². The van der Waals surface area contributed by atoms with Gasteiger partial charge in [0.15, 0.2) is 5.54 Å². The number of rotatable bonds is 5. The molecule has 1 saturated heterocycles. The van der Waals surface area contributed by atoms with Crippen LogP contribution in [0.2, 0.25) is 0 Å². The zero-order valence-corrected chi connectivity index (χ0v) is 16.1. The predicted octanol–water partition coefficient (Wildman–Crippen LogP) is 3.37. The fraction of sp³-hybridized carbons (Fsp3) is 0.227. The third kappa shape index (κ3) is 4.29. The lowest BCUT2D eigenvalue weighted by molar-refractivity contribution is -0.144. The summed E-state index contributed by atoms with van der Waals surface area (Å²) in [4.78, 5) is 38.4. The Hall–Kier alpha value is -3.61. The Morgan fingerprint density at radius 2 is 1.72 bits per heavy atom. The Bertz CT molecular complexity index is 911. The van der Waals surface area contributed by atoms with Crippen LogP contribution in [0.5, 0.6) is 0 Å². The highest BCUT2D eigenvalue weighted by Gasteiger charge is 2.54. The number of methoxy groups -OCH3 is 1. The molecule has 0 N–H and O–H groups in total. The fourth-order valence-electron chi connectivity index (χ4n) is 2.97. The van der Waals surface area contributed by atoms with Crippen molar-refractivity contribution in [3.05, 3.63) is 83.9 Å². The van der Waals surface area contributed by atoms with Gasteiger partial charge >= 0.3 is 18.0 Å². The first-order valence-electron chi connectivity index (χ1n) is 8.99. The minimum atomic E-state index is -1.54. The van der Waals surface area contributed by atoms with Crippen molar-refractivity contribution in [2.24, 2.45) is 0 Å². The van der Waals surface area contributed by atoms with Crippen molar-refractivity contribution < 1.29 is 28.6 Å². The van der Waals surface area contributed by atoms with Gasteiger partial charge in [-0.05, 0) is 18.6 Å². The van der Waals surface area contributed by atoms with Crippen LogP contribution in [0.25, 0.3) is 0 Å². The van der Waals surface area contributed by atoms with Gasteiger partial charge in [-0.15, -0.1) is 0 Å². The molecular formula is C22H21NO6. The number of carbonyl (C=O) groups is 3. The van der Waals surface area contributed by atoms with Crippen LogP contribution in [0.1, 0.15) is 24.3 Å². The van der Waals surface area contributed by atoms with E-state index in [2.05, 4.69) is 4.74 Å². The second-order valence-corrected chi connectivity index (χ2v) is 6.58. The first-order valence-corrected chi connectivity index (χ1v) is 8.99. The number of carbonyl (C=O) groups excluding carboxylic acids is 3. The van der Waals surface area contributed by atoms with Crippen LogP contribution in [-0.2, 0) is 30.4 Å². The monoisotopic (exact) mass is 395 g/mol. The maximum Gasteiger partial charge on any atom is 0.414 e. The van der Waals surface area contributed by atoms with Crippen LogP contribution in [0.4, 0.5) is 4.79 Å². The van der Waals surface area contributed by atoms with Gasteiger partial charge in [0.2, 0.25) is 6.23 Å². The Morgan fingerprint density at radius 1 is 1.10 bits per heavy atom. The summed E-state index contributed by atoms with van der Waals surface area (Å²) < 4.78 is 15.5. The number of esters is 2. The molecule has 0 unspecified atom stereocenters. The van der Waals surface area contributed by atoms with Crippen LogP contribution in [-0.4, -0.2) is 35.6 Å².